The van der Waals surface area contributed by atoms with Gasteiger partial charge >= 0.3 is 0 Å². The molecule has 0 heterocycles. The summed E-state index contributed by atoms with van der Waals surface area (Å²) >= 11 is 1.30. The first-order valence-corrected chi connectivity index (χ1v) is 8.16. The largest absolute Gasteiger partial charge is 0.484 e. The Morgan fingerprint density at radius 2 is 1.83 bits per heavy atom. The lowest BCUT2D eigenvalue weighted by Crippen LogP contribution is -2.23. The van der Waals surface area contributed by atoms with Crippen LogP contribution in [-0.2, 0) is 4.79 Å². The van der Waals surface area contributed by atoms with Crippen molar-refractivity contribution >= 4 is 28.6 Å². The van der Waals surface area contributed by atoms with Gasteiger partial charge in [-0.3, -0.25) is 9.52 Å². The highest BCUT2D eigenvalue weighted by Crippen LogP contribution is 2.20. The van der Waals surface area contributed by atoms with E-state index in [1.807, 2.05) is 73.7 Å². The molecule has 0 saturated carbocycles. The van der Waals surface area contributed by atoms with E-state index in [1.54, 1.807) is 0 Å². The van der Waals surface area contributed by atoms with Gasteiger partial charge in [0.2, 0.25) is 0 Å². The van der Waals surface area contributed by atoms with Crippen molar-refractivity contribution in [2.45, 2.75) is 11.8 Å². The molecule has 3 aromatic rings. The average Bonchev–Trinajstić information content (AvgIpc) is 2.58. The zero-order valence-electron chi connectivity index (χ0n) is 12.8. The van der Waals surface area contributed by atoms with Crippen LogP contribution in [0.25, 0.3) is 10.8 Å². The molecule has 0 aliphatic heterocycles. The lowest BCUT2D eigenvalue weighted by Gasteiger charge is -2.08. The molecule has 23 heavy (non-hydrogen) atoms. The number of amides is 1. The second-order valence-corrected chi connectivity index (χ2v) is 6.12. The smallest absolute Gasteiger partial charge is 0.267 e. The van der Waals surface area contributed by atoms with Crippen molar-refractivity contribution in [2.24, 2.45) is 0 Å². The molecular formula is C19H17NO2S. The van der Waals surface area contributed by atoms with E-state index < -0.39 is 0 Å². The van der Waals surface area contributed by atoms with Crippen LogP contribution in [0.5, 0.6) is 5.75 Å². The molecule has 4 heteroatoms. The minimum absolute atomic E-state index is 0.00282. The molecule has 0 bridgehead atoms. The first-order chi connectivity index (χ1) is 11.2. The number of benzene rings is 3. The number of rotatable bonds is 5. The van der Waals surface area contributed by atoms with Gasteiger partial charge in [-0.15, -0.1) is 0 Å². The van der Waals surface area contributed by atoms with Crippen LogP contribution in [0.4, 0.5) is 0 Å². The van der Waals surface area contributed by atoms with Gasteiger partial charge in [0.15, 0.2) is 6.61 Å². The number of hydrogen-bond acceptors (Lipinski definition) is 3. The summed E-state index contributed by atoms with van der Waals surface area (Å²) in [5.74, 6) is 0.532. The lowest BCUT2D eigenvalue weighted by atomic mass is 10.1. The fraction of sp³-hybridized carbons (Fsp3) is 0.105. The first kappa shape index (κ1) is 15.4. The maximum absolute atomic E-state index is 11.9. The standard InChI is InChI=1S/C19H17NO2S/c1-14-5-4-8-18(11-14)23-20-19(21)13-22-17-10-9-15-6-2-3-7-16(15)12-17/h2-12H,13H2,1H3,(H,20,21). The van der Waals surface area contributed by atoms with Crippen LogP contribution in [0.3, 0.4) is 0 Å². The molecule has 3 aromatic carbocycles. The number of aryl methyl sites for hydroxylation is 1. The van der Waals surface area contributed by atoms with E-state index in [0.717, 1.165) is 21.2 Å². The molecule has 0 aromatic heterocycles. The summed E-state index contributed by atoms with van der Waals surface area (Å²) in [5, 5.41) is 2.25. The molecule has 0 unspecified atom stereocenters. The monoisotopic (exact) mass is 323 g/mol. The zero-order valence-corrected chi connectivity index (χ0v) is 13.6. The van der Waals surface area contributed by atoms with Gasteiger partial charge in [0.05, 0.1) is 0 Å². The summed E-state index contributed by atoms with van der Waals surface area (Å²) in [7, 11) is 0. The summed E-state index contributed by atoms with van der Waals surface area (Å²) in [5.41, 5.74) is 1.16. The molecule has 0 aliphatic rings. The van der Waals surface area contributed by atoms with Crippen molar-refractivity contribution in [1.29, 1.82) is 0 Å². The Hall–Kier alpha value is -2.46. The fourth-order valence-corrected chi connectivity index (χ4v) is 2.91. The van der Waals surface area contributed by atoms with E-state index in [4.69, 9.17) is 4.74 Å². The van der Waals surface area contributed by atoms with Crippen molar-refractivity contribution < 1.29 is 9.53 Å². The molecule has 0 spiro atoms. The third-order valence-corrected chi connectivity index (χ3v) is 4.18. The van der Waals surface area contributed by atoms with E-state index in [2.05, 4.69) is 4.72 Å². The third-order valence-electron chi connectivity index (χ3n) is 3.36. The quantitative estimate of drug-likeness (QED) is 0.709. The summed E-state index contributed by atoms with van der Waals surface area (Å²) in [4.78, 5) is 12.9. The first-order valence-electron chi connectivity index (χ1n) is 7.35. The van der Waals surface area contributed by atoms with E-state index >= 15 is 0 Å². The topological polar surface area (TPSA) is 38.3 Å². The number of carbonyl (C=O) groups is 1. The van der Waals surface area contributed by atoms with Gasteiger partial charge in [-0.2, -0.15) is 0 Å². The van der Waals surface area contributed by atoms with Crippen LogP contribution >= 0.6 is 11.9 Å². The van der Waals surface area contributed by atoms with Gasteiger partial charge in [-0.25, -0.2) is 0 Å². The molecule has 0 atom stereocenters. The Bertz CT molecular complexity index is 832. The molecule has 116 valence electrons. The van der Waals surface area contributed by atoms with E-state index in [-0.39, 0.29) is 12.5 Å². The second-order valence-electron chi connectivity index (χ2n) is 5.24. The van der Waals surface area contributed by atoms with Gasteiger partial charge in [0, 0.05) is 4.90 Å². The molecule has 0 saturated heterocycles. The number of ether oxygens (including phenoxy) is 1. The SMILES string of the molecule is Cc1cccc(SNC(=O)COc2ccc3ccccc3c2)c1. The lowest BCUT2D eigenvalue weighted by molar-refractivity contribution is -0.121. The van der Waals surface area contributed by atoms with Crippen molar-refractivity contribution in [3.63, 3.8) is 0 Å². The van der Waals surface area contributed by atoms with Gasteiger partial charge < -0.3 is 4.74 Å². The van der Waals surface area contributed by atoms with E-state index in [1.165, 1.54) is 11.9 Å². The van der Waals surface area contributed by atoms with Crippen LogP contribution in [0, 0.1) is 6.92 Å². The molecule has 1 amide bonds. The predicted octanol–water partition coefficient (Wildman–Crippen LogP) is 4.35. The summed E-state index contributed by atoms with van der Waals surface area (Å²) in [6.07, 6.45) is 0. The highest BCUT2D eigenvalue weighted by atomic mass is 32.2. The molecule has 3 rings (SSSR count). The molecular weight excluding hydrogens is 306 g/mol. The van der Waals surface area contributed by atoms with Crippen molar-refractivity contribution in [1.82, 2.24) is 4.72 Å². The maximum Gasteiger partial charge on any atom is 0.267 e. The van der Waals surface area contributed by atoms with Gasteiger partial charge in [-0.05, 0) is 59.5 Å². The number of nitrogens with one attached hydrogen (secondary N) is 1. The van der Waals surface area contributed by atoms with Crippen LogP contribution < -0.4 is 9.46 Å². The predicted molar refractivity (Wildman–Crippen MR) is 94.6 cm³/mol. The Kier molecular flexibility index (Phi) is 4.83. The van der Waals surface area contributed by atoms with Crippen molar-refractivity contribution in [2.75, 3.05) is 6.61 Å². The van der Waals surface area contributed by atoms with Crippen LogP contribution in [-0.4, -0.2) is 12.5 Å². The average molecular weight is 323 g/mol. The minimum atomic E-state index is -0.162. The highest BCUT2D eigenvalue weighted by Gasteiger charge is 2.04. The summed E-state index contributed by atoms with van der Waals surface area (Å²) in [6.45, 7) is 2.02. The van der Waals surface area contributed by atoms with E-state index in [9.17, 15) is 4.79 Å². The molecule has 0 radical (unpaired) electrons. The summed E-state index contributed by atoms with van der Waals surface area (Å²) < 4.78 is 8.35. The third kappa shape index (κ3) is 4.27. The Balaban J connectivity index is 1.53. The van der Waals surface area contributed by atoms with Gasteiger partial charge in [0.1, 0.15) is 5.75 Å². The highest BCUT2D eigenvalue weighted by molar-refractivity contribution is 7.98. The summed E-state index contributed by atoms with van der Waals surface area (Å²) in [6, 6.07) is 21.8. The molecule has 1 N–H and O–H groups in total. The van der Waals surface area contributed by atoms with Crippen LogP contribution in [0.1, 0.15) is 5.56 Å². The number of hydrogen-bond donors (Lipinski definition) is 1. The van der Waals surface area contributed by atoms with E-state index in [0.29, 0.717) is 5.75 Å². The number of fused-ring (bicyclic) bond motifs is 1. The second kappa shape index (κ2) is 7.20. The number of carbonyl (C=O) groups excluding carboxylic acids is 1. The maximum atomic E-state index is 11.9. The normalized spacial score (nSPS) is 10.5. The molecule has 3 nitrogen and oxygen atoms in total. The van der Waals surface area contributed by atoms with Gasteiger partial charge in [-0.1, -0.05) is 42.5 Å². The van der Waals surface area contributed by atoms with Crippen LogP contribution in [0.2, 0.25) is 0 Å². The molecule has 0 aliphatic carbocycles. The van der Waals surface area contributed by atoms with Crippen LogP contribution in [0.15, 0.2) is 71.6 Å². The van der Waals surface area contributed by atoms with Gasteiger partial charge in [0.25, 0.3) is 5.91 Å². The fourth-order valence-electron chi connectivity index (χ4n) is 2.23. The Morgan fingerprint density at radius 1 is 1.00 bits per heavy atom. The van der Waals surface area contributed by atoms with Crippen molar-refractivity contribution in [3.05, 3.63) is 72.3 Å². The van der Waals surface area contributed by atoms with Crippen molar-refractivity contribution in [3.8, 4) is 5.75 Å². The Morgan fingerprint density at radius 3 is 2.65 bits per heavy atom. The molecule has 0 fully saturated rings. The minimum Gasteiger partial charge on any atom is -0.484 e. The zero-order chi connectivity index (χ0) is 16.1. The Labute approximate surface area is 139 Å².